The Balaban J connectivity index is 1.66. The highest BCUT2D eigenvalue weighted by Gasteiger charge is 2.15. The Hall–Kier alpha value is -2.86. The van der Waals surface area contributed by atoms with Gasteiger partial charge in [0, 0.05) is 18.7 Å². The van der Waals surface area contributed by atoms with Crippen molar-refractivity contribution in [3.63, 3.8) is 0 Å². The topological polar surface area (TPSA) is 90.7 Å². The number of hydrogen-bond acceptors (Lipinski definition) is 4. The van der Waals surface area contributed by atoms with Gasteiger partial charge < -0.3 is 20.5 Å². The summed E-state index contributed by atoms with van der Waals surface area (Å²) in [5.41, 5.74) is 7.51. The molecule has 1 aliphatic rings. The molecule has 1 atom stereocenters. The minimum absolute atomic E-state index is 0.0939. The molecule has 0 aromatic heterocycles. The van der Waals surface area contributed by atoms with Gasteiger partial charge >= 0.3 is 0 Å². The number of nitrogens with one attached hydrogen (secondary N) is 1. The van der Waals surface area contributed by atoms with E-state index >= 15 is 0 Å². The quantitative estimate of drug-likeness (QED) is 0.785. The molecule has 2 amide bonds. The molecular formula is C21H24N2O4. The first kappa shape index (κ1) is 18.9. The lowest BCUT2D eigenvalue weighted by Gasteiger charge is -2.22. The number of carbonyl (C=O) groups excluding carboxylic acids is 2. The second-order valence-corrected chi connectivity index (χ2v) is 6.66. The molecule has 1 aliphatic heterocycles. The minimum atomic E-state index is -0.526. The van der Waals surface area contributed by atoms with E-state index in [-0.39, 0.29) is 12.5 Å². The molecule has 6 nitrogen and oxygen atoms in total. The van der Waals surface area contributed by atoms with Crippen LogP contribution in [-0.4, -0.2) is 38.2 Å². The van der Waals surface area contributed by atoms with E-state index in [9.17, 15) is 9.59 Å². The number of carbonyl (C=O) groups is 2. The SMILES string of the molecule is NC(=O)COc1cccc(-c2cccc(C(=O)NC[C@H]3CCCOC3)c2)c1. The zero-order chi connectivity index (χ0) is 19.1. The van der Waals surface area contributed by atoms with Crippen LogP contribution in [0, 0.1) is 5.92 Å². The van der Waals surface area contributed by atoms with E-state index in [4.69, 9.17) is 15.2 Å². The largest absolute Gasteiger partial charge is 0.484 e. The van der Waals surface area contributed by atoms with Crippen LogP contribution in [0.2, 0.25) is 0 Å². The van der Waals surface area contributed by atoms with Crippen molar-refractivity contribution in [1.29, 1.82) is 0 Å². The first-order chi connectivity index (χ1) is 13.1. The molecule has 0 aliphatic carbocycles. The van der Waals surface area contributed by atoms with Crippen molar-refractivity contribution in [2.45, 2.75) is 12.8 Å². The molecule has 0 spiro atoms. The van der Waals surface area contributed by atoms with Crippen molar-refractivity contribution < 1.29 is 19.1 Å². The highest BCUT2D eigenvalue weighted by molar-refractivity contribution is 5.95. The molecule has 6 heteroatoms. The van der Waals surface area contributed by atoms with Crippen LogP contribution in [0.3, 0.4) is 0 Å². The standard InChI is InChI=1S/C21H24N2O4/c22-20(24)14-27-19-8-2-6-17(11-19)16-5-1-7-18(10-16)21(25)23-12-15-4-3-9-26-13-15/h1-2,5-8,10-11,15H,3-4,9,12-14H2,(H2,22,24)(H,23,25)/t15-/m1/s1. The molecule has 0 bridgehead atoms. The van der Waals surface area contributed by atoms with Gasteiger partial charge in [0.1, 0.15) is 5.75 Å². The predicted octanol–water partition coefficient (Wildman–Crippen LogP) is 2.37. The van der Waals surface area contributed by atoms with Gasteiger partial charge in [0.15, 0.2) is 6.61 Å². The van der Waals surface area contributed by atoms with Crippen molar-refractivity contribution in [3.8, 4) is 16.9 Å². The molecule has 1 fully saturated rings. The van der Waals surface area contributed by atoms with Gasteiger partial charge in [0.05, 0.1) is 6.61 Å². The average molecular weight is 368 g/mol. The summed E-state index contributed by atoms with van der Waals surface area (Å²) in [5, 5.41) is 3.00. The fraction of sp³-hybridized carbons (Fsp3) is 0.333. The van der Waals surface area contributed by atoms with Crippen LogP contribution >= 0.6 is 0 Å². The van der Waals surface area contributed by atoms with Gasteiger partial charge in [0.25, 0.3) is 11.8 Å². The third kappa shape index (κ3) is 5.56. The summed E-state index contributed by atoms with van der Waals surface area (Å²) < 4.78 is 10.8. The van der Waals surface area contributed by atoms with E-state index in [1.165, 1.54) is 0 Å². The number of rotatable bonds is 7. The van der Waals surface area contributed by atoms with Crippen LogP contribution < -0.4 is 15.8 Å². The Labute approximate surface area is 158 Å². The molecule has 3 N–H and O–H groups in total. The summed E-state index contributed by atoms with van der Waals surface area (Å²) >= 11 is 0. The van der Waals surface area contributed by atoms with Crippen LogP contribution in [-0.2, 0) is 9.53 Å². The molecule has 2 aromatic rings. The van der Waals surface area contributed by atoms with Gasteiger partial charge in [-0.25, -0.2) is 0 Å². The van der Waals surface area contributed by atoms with Gasteiger partial charge in [-0.1, -0.05) is 24.3 Å². The summed E-state index contributed by atoms with van der Waals surface area (Å²) in [6.45, 7) is 1.98. The maximum Gasteiger partial charge on any atom is 0.255 e. The lowest BCUT2D eigenvalue weighted by molar-refractivity contribution is -0.119. The van der Waals surface area contributed by atoms with Crippen molar-refractivity contribution in [2.24, 2.45) is 11.7 Å². The van der Waals surface area contributed by atoms with Crippen LogP contribution in [0.5, 0.6) is 5.75 Å². The molecule has 1 heterocycles. The van der Waals surface area contributed by atoms with Crippen molar-refractivity contribution >= 4 is 11.8 Å². The first-order valence-electron chi connectivity index (χ1n) is 9.09. The number of amides is 2. The van der Waals surface area contributed by atoms with Gasteiger partial charge in [0.2, 0.25) is 0 Å². The van der Waals surface area contributed by atoms with Crippen LogP contribution in [0.15, 0.2) is 48.5 Å². The van der Waals surface area contributed by atoms with E-state index in [1.807, 2.05) is 36.4 Å². The molecule has 27 heavy (non-hydrogen) atoms. The predicted molar refractivity (Wildman–Crippen MR) is 102 cm³/mol. The second kappa shape index (κ2) is 9.19. The van der Waals surface area contributed by atoms with Crippen molar-refractivity contribution in [3.05, 3.63) is 54.1 Å². The van der Waals surface area contributed by atoms with Gasteiger partial charge in [-0.3, -0.25) is 9.59 Å². The number of primary amides is 1. The highest BCUT2D eigenvalue weighted by atomic mass is 16.5. The second-order valence-electron chi connectivity index (χ2n) is 6.66. The molecule has 1 saturated heterocycles. The third-order valence-electron chi connectivity index (χ3n) is 4.48. The molecule has 0 saturated carbocycles. The zero-order valence-corrected chi connectivity index (χ0v) is 15.1. The summed E-state index contributed by atoms with van der Waals surface area (Å²) in [4.78, 5) is 23.4. The van der Waals surface area contributed by atoms with Gasteiger partial charge in [-0.2, -0.15) is 0 Å². The normalized spacial score (nSPS) is 16.5. The summed E-state index contributed by atoms with van der Waals surface area (Å²) in [6, 6.07) is 14.8. The average Bonchev–Trinajstić information content (AvgIpc) is 2.71. The number of benzene rings is 2. The fourth-order valence-electron chi connectivity index (χ4n) is 3.07. The number of hydrogen-bond donors (Lipinski definition) is 2. The van der Waals surface area contributed by atoms with E-state index in [0.29, 0.717) is 30.4 Å². The maximum absolute atomic E-state index is 12.5. The molecule has 2 aromatic carbocycles. The van der Waals surface area contributed by atoms with Crippen molar-refractivity contribution in [2.75, 3.05) is 26.4 Å². The highest BCUT2D eigenvalue weighted by Crippen LogP contribution is 2.25. The Kier molecular flexibility index (Phi) is 6.44. The zero-order valence-electron chi connectivity index (χ0n) is 15.1. The van der Waals surface area contributed by atoms with E-state index in [0.717, 1.165) is 30.6 Å². The van der Waals surface area contributed by atoms with E-state index in [1.54, 1.807) is 12.1 Å². The Bertz CT molecular complexity index is 800. The minimum Gasteiger partial charge on any atom is -0.484 e. The van der Waals surface area contributed by atoms with E-state index in [2.05, 4.69) is 5.32 Å². The van der Waals surface area contributed by atoms with E-state index < -0.39 is 5.91 Å². The molecular weight excluding hydrogens is 344 g/mol. The smallest absolute Gasteiger partial charge is 0.255 e. The summed E-state index contributed by atoms with van der Waals surface area (Å²) in [5.74, 6) is 0.314. The molecule has 0 radical (unpaired) electrons. The van der Waals surface area contributed by atoms with Crippen molar-refractivity contribution in [1.82, 2.24) is 5.32 Å². The molecule has 142 valence electrons. The number of ether oxygens (including phenoxy) is 2. The molecule has 0 unspecified atom stereocenters. The van der Waals surface area contributed by atoms with Crippen LogP contribution in [0.25, 0.3) is 11.1 Å². The van der Waals surface area contributed by atoms with Gasteiger partial charge in [-0.05, 0) is 54.2 Å². The fourth-order valence-corrected chi connectivity index (χ4v) is 3.07. The van der Waals surface area contributed by atoms with Gasteiger partial charge in [-0.15, -0.1) is 0 Å². The lowest BCUT2D eigenvalue weighted by Crippen LogP contribution is -2.33. The Morgan fingerprint density at radius 3 is 2.67 bits per heavy atom. The lowest BCUT2D eigenvalue weighted by atomic mass is 10.0. The van der Waals surface area contributed by atoms with Crippen LogP contribution in [0.1, 0.15) is 23.2 Å². The Morgan fingerprint density at radius 1 is 1.15 bits per heavy atom. The Morgan fingerprint density at radius 2 is 1.93 bits per heavy atom. The third-order valence-corrected chi connectivity index (χ3v) is 4.48. The van der Waals surface area contributed by atoms with Crippen LogP contribution in [0.4, 0.5) is 0 Å². The monoisotopic (exact) mass is 368 g/mol. The summed E-state index contributed by atoms with van der Waals surface area (Å²) in [7, 11) is 0. The first-order valence-corrected chi connectivity index (χ1v) is 9.09. The summed E-state index contributed by atoms with van der Waals surface area (Å²) in [6.07, 6.45) is 2.13. The molecule has 3 rings (SSSR count). The number of nitrogens with two attached hydrogens (primary N) is 1. The maximum atomic E-state index is 12.5.